The molecule has 1 aromatic carbocycles. The first kappa shape index (κ1) is 18.2. The van der Waals surface area contributed by atoms with E-state index in [2.05, 4.69) is 31.4 Å². The van der Waals surface area contributed by atoms with Crippen molar-refractivity contribution in [1.82, 2.24) is 4.98 Å². The van der Waals surface area contributed by atoms with Crippen molar-refractivity contribution in [1.29, 1.82) is 0 Å². The number of fused-ring (bicyclic) bond motifs is 1. The van der Waals surface area contributed by atoms with E-state index in [-0.39, 0.29) is 17.3 Å². The molecule has 0 saturated heterocycles. The molecule has 0 unspecified atom stereocenters. The third kappa shape index (κ3) is 3.61. The van der Waals surface area contributed by atoms with Crippen LogP contribution in [0.5, 0.6) is 0 Å². The quantitative estimate of drug-likeness (QED) is 0.684. The zero-order valence-electron chi connectivity index (χ0n) is 15.3. The minimum absolute atomic E-state index is 0.101. The Balaban J connectivity index is 1.56. The Morgan fingerprint density at radius 3 is 2.79 bits per heavy atom. The number of hydrogen-bond acceptors (Lipinski definition) is 6. The van der Waals surface area contributed by atoms with Crippen molar-refractivity contribution in [3.8, 4) is 0 Å². The minimum Gasteiger partial charge on any atom is -0.464 e. The number of carbonyl (C=O) groups excluding carboxylic acids is 2. The molecule has 0 spiro atoms. The summed E-state index contributed by atoms with van der Waals surface area (Å²) in [4.78, 5) is 32.2. The van der Waals surface area contributed by atoms with E-state index in [9.17, 15) is 9.59 Å². The summed E-state index contributed by atoms with van der Waals surface area (Å²) < 4.78 is 4.67. The van der Waals surface area contributed by atoms with Gasteiger partial charge in [0.05, 0.1) is 18.5 Å². The number of rotatable bonds is 4. The largest absolute Gasteiger partial charge is 0.464 e. The fourth-order valence-corrected chi connectivity index (χ4v) is 4.16. The van der Waals surface area contributed by atoms with Gasteiger partial charge in [-0.3, -0.25) is 4.79 Å². The van der Waals surface area contributed by atoms with Crippen molar-refractivity contribution in [2.24, 2.45) is 0 Å². The normalized spacial score (nSPS) is 13.0. The molecule has 1 N–H and O–H groups in total. The number of benzene rings is 1. The third-order valence-electron chi connectivity index (χ3n) is 4.68. The van der Waals surface area contributed by atoms with E-state index in [0.29, 0.717) is 0 Å². The molecule has 1 aliphatic rings. The van der Waals surface area contributed by atoms with E-state index < -0.39 is 5.97 Å². The predicted octanol–water partition coefficient (Wildman–Crippen LogP) is 3.74. The SMILES string of the molecule is COC(=O)c1cccc(C(=O)Nc2ccccc2N2CCc3sccc3C2)n1. The lowest BCUT2D eigenvalue weighted by molar-refractivity contribution is 0.0594. The van der Waals surface area contributed by atoms with Crippen molar-refractivity contribution in [3.63, 3.8) is 0 Å². The summed E-state index contributed by atoms with van der Waals surface area (Å²) in [6.07, 6.45) is 0.998. The highest BCUT2D eigenvalue weighted by molar-refractivity contribution is 7.10. The van der Waals surface area contributed by atoms with E-state index in [0.717, 1.165) is 30.9 Å². The number of hydrogen-bond donors (Lipinski definition) is 1. The van der Waals surface area contributed by atoms with E-state index in [1.165, 1.54) is 23.6 Å². The van der Waals surface area contributed by atoms with Gasteiger partial charge in [0.15, 0.2) is 0 Å². The number of ether oxygens (including phenoxy) is 1. The number of para-hydroxylation sites is 2. The molecule has 0 atom stereocenters. The molecule has 2 aromatic heterocycles. The van der Waals surface area contributed by atoms with Gasteiger partial charge in [-0.15, -0.1) is 11.3 Å². The number of carbonyl (C=O) groups is 2. The highest BCUT2D eigenvalue weighted by Gasteiger charge is 2.21. The molecule has 0 fully saturated rings. The highest BCUT2D eigenvalue weighted by Crippen LogP contribution is 2.32. The van der Waals surface area contributed by atoms with Crippen LogP contribution in [0.15, 0.2) is 53.9 Å². The van der Waals surface area contributed by atoms with Crippen LogP contribution in [-0.4, -0.2) is 30.5 Å². The zero-order valence-corrected chi connectivity index (χ0v) is 16.2. The second-order valence-electron chi connectivity index (χ2n) is 6.41. The molecule has 142 valence electrons. The van der Waals surface area contributed by atoms with Gasteiger partial charge in [0, 0.05) is 18.0 Å². The van der Waals surface area contributed by atoms with Gasteiger partial charge in [-0.1, -0.05) is 18.2 Å². The summed E-state index contributed by atoms with van der Waals surface area (Å²) in [5, 5.41) is 5.06. The second-order valence-corrected chi connectivity index (χ2v) is 7.41. The van der Waals surface area contributed by atoms with Crippen molar-refractivity contribution >= 4 is 34.6 Å². The Kier molecular flexibility index (Phi) is 5.08. The minimum atomic E-state index is -0.574. The first-order valence-corrected chi connectivity index (χ1v) is 9.79. The average molecular weight is 393 g/mol. The molecule has 0 bridgehead atoms. The molecule has 28 heavy (non-hydrogen) atoms. The Morgan fingerprint density at radius 2 is 1.93 bits per heavy atom. The van der Waals surface area contributed by atoms with Crippen molar-refractivity contribution < 1.29 is 14.3 Å². The smallest absolute Gasteiger partial charge is 0.356 e. The number of amides is 1. The van der Waals surface area contributed by atoms with Crippen molar-refractivity contribution in [2.45, 2.75) is 13.0 Å². The van der Waals surface area contributed by atoms with E-state index >= 15 is 0 Å². The van der Waals surface area contributed by atoms with Crippen LogP contribution in [0.3, 0.4) is 0 Å². The molecule has 3 aromatic rings. The number of pyridine rings is 1. The van der Waals surface area contributed by atoms with Gasteiger partial charge in [-0.2, -0.15) is 0 Å². The Hall–Kier alpha value is -3.19. The van der Waals surface area contributed by atoms with Crippen molar-refractivity contribution in [2.75, 3.05) is 23.9 Å². The van der Waals surface area contributed by atoms with Crippen LogP contribution in [0, 0.1) is 0 Å². The van der Waals surface area contributed by atoms with Crippen LogP contribution in [0.1, 0.15) is 31.4 Å². The van der Waals surface area contributed by atoms with Gasteiger partial charge in [0.1, 0.15) is 11.4 Å². The molecule has 6 nitrogen and oxygen atoms in total. The number of esters is 1. The van der Waals surface area contributed by atoms with Crippen molar-refractivity contribution in [3.05, 3.63) is 75.7 Å². The molecule has 1 aliphatic heterocycles. The number of nitrogens with zero attached hydrogens (tertiary/aromatic N) is 2. The van der Waals surface area contributed by atoms with Crippen LogP contribution in [0.25, 0.3) is 0 Å². The van der Waals surface area contributed by atoms with E-state index in [1.807, 2.05) is 24.3 Å². The average Bonchev–Trinajstić information content (AvgIpc) is 3.21. The molecule has 7 heteroatoms. The van der Waals surface area contributed by atoms with Crippen LogP contribution < -0.4 is 10.2 Å². The molecule has 1 amide bonds. The number of anilines is 2. The summed E-state index contributed by atoms with van der Waals surface area (Å²) in [6.45, 7) is 1.72. The third-order valence-corrected chi connectivity index (χ3v) is 5.70. The predicted molar refractivity (Wildman–Crippen MR) is 109 cm³/mol. The summed E-state index contributed by atoms with van der Waals surface area (Å²) in [6, 6.07) is 14.6. The highest BCUT2D eigenvalue weighted by atomic mass is 32.1. The maximum Gasteiger partial charge on any atom is 0.356 e. The Morgan fingerprint density at radius 1 is 1.11 bits per heavy atom. The van der Waals surface area contributed by atoms with Gasteiger partial charge < -0.3 is 15.0 Å². The van der Waals surface area contributed by atoms with Gasteiger partial charge >= 0.3 is 5.97 Å². The van der Waals surface area contributed by atoms with Gasteiger partial charge in [-0.25, -0.2) is 9.78 Å². The molecule has 0 radical (unpaired) electrons. The molecular formula is C21H19N3O3S. The molecule has 0 saturated carbocycles. The fraction of sp³-hybridized carbons (Fsp3) is 0.190. The summed E-state index contributed by atoms with van der Waals surface area (Å²) in [5.41, 5.74) is 3.29. The number of methoxy groups -OCH3 is 1. The van der Waals surface area contributed by atoms with Crippen LogP contribution in [-0.2, 0) is 17.7 Å². The topological polar surface area (TPSA) is 71.5 Å². The molecule has 4 rings (SSSR count). The summed E-state index contributed by atoms with van der Waals surface area (Å²) in [5.74, 6) is -0.943. The Bertz CT molecular complexity index is 1030. The lowest BCUT2D eigenvalue weighted by atomic mass is 10.1. The van der Waals surface area contributed by atoms with Crippen LogP contribution in [0.4, 0.5) is 11.4 Å². The van der Waals surface area contributed by atoms with Gasteiger partial charge in [-0.05, 0) is 47.7 Å². The number of nitrogens with one attached hydrogen (secondary N) is 1. The Labute approximate surface area is 166 Å². The standard InChI is InChI=1S/C21H19N3O3S/c1-27-21(26)17-7-4-6-16(22-17)20(25)23-15-5-2-3-8-18(15)24-11-9-19-14(13-24)10-12-28-19/h2-8,10,12H,9,11,13H2,1H3,(H,23,25). The lowest BCUT2D eigenvalue weighted by Gasteiger charge is -2.30. The monoisotopic (exact) mass is 393 g/mol. The molecular weight excluding hydrogens is 374 g/mol. The van der Waals surface area contributed by atoms with E-state index in [1.54, 1.807) is 23.5 Å². The lowest BCUT2D eigenvalue weighted by Crippen LogP contribution is -2.30. The number of aromatic nitrogens is 1. The summed E-state index contributed by atoms with van der Waals surface area (Å²) >= 11 is 1.80. The van der Waals surface area contributed by atoms with Gasteiger partial charge in [0.2, 0.25) is 0 Å². The number of thiophene rings is 1. The van der Waals surface area contributed by atoms with Gasteiger partial charge in [0.25, 0.3) is 5.91 Å². The molecule has 0 aliphatic carbocycles. The maximum atomic E-state index is 12.7. The fourth-order valence-electron chi connectivity index (χ4n) is 3.27. The summed E-state index contributed by atoms with van der Waals surface area (Å²) in [7, 11) is 1.28. The zero-order chi connectivity index (χ0) is 19.5. The molecule has 3 heterocycles. The first-order valence-electron chi connectivity index (χ1n) is 8.91. The maximum absolute atomic E-state index is 12.7. The second kappa shape index (κ2) is 7.82. The van der Waals surface area contributed by atoms with Crippen LogP contribution in [0.2, 0.25) is 0 Å². The van der Waals surface area contributed by atoms with E-state index in [4.69, 9.17) is 0 Å². The van der Waals surface area contributed by atoms with Crippen LogP contribution >= 0.6 is 11.3 Å². The first-order chi connectivity index (χ1) is 13.7.